The van der Waals surface area contributed by atoms with Crippen molar-refractivity contribution in [2.45, 2.75) is 24.8 Å². The average Bonchev–Trinajstić information content (AvgIpc) is 2.79. The summed E-state index contributed by atoms with van der Waals surface area (Å²) in [5, 5.41) is 2.64. The highest BCUT2D eigenvalue weighted by Crippen LogP contribution is 2.27. The van der Waals surface area contributed by atoms with E-state index in [1.54, 1.807) is 24.3 Å². The Morgan fingerprint density at radius 1 is 0.970 bits per heavy atom. The molecule has 0 fully saturated rings. The average molecular weight is 473 g/mol. The van der Waals surface area contributed by atoms with Gasteiger partial charge in [0.25, 0.3) is 10.0 Å². The van der Waals surface area contributed by atoms with Crippen LogP contribution in [0.5, 0.6) is 11.5 Å². The number of methoxy groups -OCH3 is 1. The number of benzene rings is 3. The van der Waals surface area contributed by atoms with Crippen molar-refractivity contribution < 1.29 is 27.1 Å². The van der Waals surface area contributed by atoms with E-state index in [-0.39, 0.29) is 16.7 Å². The number of halogens is 1. The largest absolute Gasteiger partial charge is 0.497 e. The second kappa shape index (κ2) is 10.4. The van der Waals surface area contributed by atoms with Crippen LogP contribution in [0.15, 0.2) is 77.7 Å². The lowest BCUT2D eigenvalue weighted by Gasteiger charge is -2.24. The van der Waals surface area contributed by atoms with Crippen LogP contribution in [0.1, 0.15) is 13.8 Å². The zero-order valence-electron chi connectivity index (χ0n) is 18.5. The molecule has 3 aromatic carbocycles. The number of nitrogens with zero attached hydrogens (tertiary/aromatic N) is 1. The quantitative estimate of drug-likeness (QED) is 0.497. The number of carbonyl (C=O) groups excluding carboxylic acids is 1. The molecule has 3 rings (SSSR count). The normalized spacial score (nSPS) is 11.2. The van der Waals surface area contributed by atoms with Crippen LogP contribution in [-0.4, -0.2) is 34.1 Å². The summed E-state index contributed by atoms with van der Waals surface area (Å²) in [4.78, 5) is 12.7. The van der Waals surface area contributed by atoms with Gasteiger partial charge in [0, 0.05) is 5.69 Å². The first-order valence-electron chi connectivity index (χ1n) is 10.2. The van der Waals surface area contributed by atoms with Gasteiger partial charge in [-0.2, -0.15) is 0 Å². The van der Waals surface area contributed by atoms with Crippen molar-refractivity contribution in [3.8, 4) is 11.5 Å². The third-order valence-corrected chi connectivity index (χ3v) is 6.34. The van der Waals surface area contributed by atoms with E-state index in [4.69, 9.17) is 9.47 Å². The Hall–Kier alpha value is -3.59. The number of nitrogens with one attached hydrogen (secondary N) is 1. The van der Waals surface area contributed by atoms with E-state index >= 15 is 0 Å². The Morgan fingerprint density at radius 3 is 2.15 bits per heavy atom. The summed E-state index contributed by atoms with van der Waals surface area (Å²) >= 11 is 0. The fraction of sp³-hybridized carbons (Fsp3) is 0.208. The molecule has 0 heterocycles. The molecule has 0 radical (unpaired) electrons. The topological polar surface area (TPSA) is 84.9 Å². The molecule has 1 amide bonds. The number of hydrogen-bond acceptors (Lipinski definition) is 5. The molecule has 9 heteroatoms. The van der Waals surface area contributed by atoms with E-state index in [1.165, 1.54) is 49.6 Å². The predicted octanol–water partition coefficient (Wildman–Crippen LogP) is 4.46. The smallest absolute Gasteiger partial charge is 0.264 e. The first-order chi connectivity index (χ1) is 15.7. The van der Waals surface area contributed by atoms with Gasteiger partial charge in [0.1, 0.15) is 23.9 Å². The monoisotopic (exact) mass is 472 g/mol. The number of sulfonamides is 1. The molecule has 0 atom stereocenters. The molecular weight excluding hydrogens is 447 g/mol. The maximum absolute atomic E-state index is 14.6. The zero-order valence-corrected chi connectivity index (χ0v) is 19.3. The predicted molar refractivity (Wildman–Crippen MR) is 125 cm³/mol. The number of amides is 1. The van der Waals surface area contributed by atoms with Crippen molar-refractivity contribution in [1.82, 2.24) is 0 Å². The molecule has 0 aliphatic heterocycles. The molecule has 7 nitrogen and oxygen atoms in total. The van der Waals surface area contributed by atoms with Crippen molar-refractivity contribution in [3.63, 3.8) is 0 Å². The van der Waals surface area contributed by atoms with Gasteiger partial charge < -0.3 is 14.8 Å². The van der Waals surface area contributed by atoms with Gasteiger partial charge in [0.2, 0.25) is 5.91 Å². The summed E-state index contributed by atoms with van der Waals surface area (Å²) < 4.78 is 52.6. The first kappa shape index (κ1) is 24.1. The van der Waals surface area contributed by atoms with E-state index < -0.39 is 28.3 Å². The van der Waals surface area contributed by atoms with Crippen LogP contribution in [0.3, 0.4) is 0 Å². The molecule has 1 N–H and O–H groups in total. The van der Waals surface area contributed by atoms with Crippen molar-refractivity contribution in [3.05, 3.63) is 78.6 Å². The minimum atomic E-state index is -4.25. The molecule has 0 unspecified atom stereocenters. The molecule has 3 aromatic rings. The van der Waals surface area contributed by atoms with Gasteiger partial charge in [-0.15, -0.1) is 0 Å². The van der Waals surface area contributed by atoms with Crippen LogP contribution in [0.4, 0.5) is 15.8 Å². The van der Waals surface area contributed by atoms with Gasteiger partial charge in [0.15, 0.2) is 0 Å². The Kier molecular flexibility index (Phi) is 7.55. The molecule has 0 spiro atoms. The van der Waals surface area contributed by atoms with E-state index in [9.17, 15) is 17.6 Å². The standard InChI is InChI=1S/C24H25FN2O5S/c1-17(2)32-20-10-8-18(9-11-20)26-24(28)16-27(23-7-5-4-6-22(23)25)33(29,30)21-14-12-19(31-3)13-15-21/h4-15,17H,16H2,1-3H3,(H,26,28). The fourth-order valence-electron chi connectivity index (χ4n) is 3.05. The zero-order chi connectivity index (χ0) is 24.0. The SMILES string of the molecule is COc1ccc(S(=O)(=O)N(CC(=O)Nc2ccc(OC(C)C)cc2)c2ccccc2F)cc1. The number of para-hydroxylation sites is 1. The maximum atomic E-state index is 14.6. The highest BCUT2D eigenvalue weighted by atomic mass is 32.2. The third kappa shape index (κ3) is 6.01. The van der Waals surface area contributed by atoms with Crippen molar-refractivity contribution in [2.75, 3.05) is 23.3 Å². The molecule has 174 valence electrons. The third-order valence-electron chi connectivity index (χ3n) is 4.57. The lowest BCUT2D eigenvalue weighted by molar-refractivity contribution is -0.114. The summed E-state index contributed by atoms with van der Waals surface area (Å²) in [6.45, 7) is 3.17. The van der Waals surface area contributed by atoms with Gasteiger partial charge in [-0.1, -0.05) is 12.1 Å². The van der Waals surface area contributed by atoms with E-state index in [1.807, 2.05) is 13.8 Å². The molecule has 0 saturated carbocycles. The summed E-state index contributed by atoms with van der Waals surface area (Å²) in [5.74, 6) is -0.294. The number of hydrogen-bond donors (Lipinski definition) is 1. The second-order valence-corrected chi connectivity index (χ2v) is 9.24. The van der Waals surface area contributed by atoms with E-state index in [0.717, 1.165) is 10.4 Å². The Labute approximate surface area is 192 Å². The first-order valence-corrected chi connectivity index (χ1v) is 11.6. The van der Waals surface area contributed by atoms with Crippen molar-refractivity contribution in [1.29, 1.82) is 0 Å². The molecule has 0 aliphatic carbocycles. The van der Waals surface area contributed by atoms with Crippen LogP contribution in [0.25, 0.3) is 0 Å². The minimum Gasteiger partial charge on any atom is -0.497 e. The van der Waals surface area contributed by atoms with Gasteiger partial charge in [-0.05, 0) is 74.5 Å². The molecule has 33 heavy (non-hydrogen) atoms. The van der Waals surface area contributed by atoms with Crippen LogP contribution >= 0.6 is 0 Å². The van der Waals surface area contributed by atoms with Gasteiger partial charge >= 0.3 is 0 Å². The summed E-state index contributed by atoms with van der Waals surface area (Å²) in [5.41, 5.74) is 0.218. The molecule has 0 bridgehead atoms. The number of carbonyl (C=O) groups is 1. The van der Waals surface area contributed by atoms with E-state index in [2.05, 4.69) is 5.32 Å². The minimum absolute atomic E-state index is 0.00271. The van der Waals surface area contributed by atoms with E-state index in [0.29, 0.717) is 17.2 Å². The van der Waals surface area contributed by atoms with Gasteiger partial charge in [0.05, 0.1) is 23.8 Å². The van der Waals surface area contributed by atoms with Crippen LogP contribution < -0.4 is 19.1 Å². The number of rotatable bonds is 9. The van der Waals surface area contributed by atoms with Crippen LogP contribution in [-0.2, 0) is 14.8 Å². The number of anilines is 2. The molecular formula is C24H25FN2O5S. The highest BCUT2D eigenvalue weighted by Gasteiger charge is 2.29. The molecule has 0 aliphatic rings. The second-order valence-electron chi connectivity index (χ2n) is 7.38. The number of ether oxygens (including phenoxy) is 2. The Balaban J connectivity index is 1.87. The highest BCUT2D eigenvalue weighted by molar-refractivity contribution is 7.92. The Morgan fingerprint density at radius 2 is 1.58 bits per heavy atom. The fourth-order valence-corrected chi connectivity index (χ4v) is 4.48. The summed E-state index contributed by atoms with van der Waals surface area (Å²) in [6.07, 6.45) is 0.00271. The Bertz CT molecular complexity index is 1200. The summed E-state index contributed by atoms with van der Waals surface area (Å²) in [6, 6.07) is 17.7. The van der Waals surface area contributed by atoms with Crippen molar-refractivity contribution >= 4 is 27.3 Å². The lowest BCUT2D eigenvalue weighted by Crippen LogP contribution is -2.38. The lowest BCUT2D eigenvalue weighted by atomic mass is 10.3. The van der Waals surface area contributed by atoms with Crippen LogP contribution in [0.2, 0.25) is 0 Å². The van der Waals surface area contributed by atoms with Gasteiger partial charge in [-0.3, -0.25) is 9.10 Å². The van der Waals surface area contributed by atoms with Crippen LogP contribution in [0, 0.1) is 5.82 Å². The maximum Gasteiger partial charge on any atom is 0.264 e. The molecule has 0 saturated heterocycles. The van der Waals surface area contributed by atoms with Gasteiger partial charge in [-0.25, -0.2) is 12.8 Å². The van der Waals surface area contributed by atoms with Crippen molar-refractivity contribution in [2.24, 2.45) is 0 Å². The molecule has 0 aromatic heterocycles. The summed E-state index contributed by atoms with van der Waals surface area (Å²) in [7, 11) is -2.79.